The minimum Gasteiger partial charge on any atom is -0.359 e. The van der Waals surface area contributed by atoms with Crippen molar-refractivity contribution in [3.05, 3.63) is 65.7 Å². The van der Waals surface area contributed by atoms with Gasteiger partial charge in [-0.3, -0.25) is 9.59 Å². The van der Waals surface area contributed by atoms with Crippen LogP contribution in [-0.2, 0) is 30.9 Å². The predicted molar refractivity (Wildman–Crippen MR) is 106 cm³/mol. The molecule has 1 heterocycles. The number of amides is 2. The largest absolute Gasteiger partial charge is 0.359 e. The van der Waals surface area contributed by atoms with Crippen LogP contribution in [0.25, 0.3) is 0 Å². The van der Waals surface area contributed by atoms with Gasteiger partial charge in [-0.15, -0.1) is 0 Å². The normalized spacial score (nSPS) is 17.1. The van der Waals surface area contributed by atoms with E-state index in [9.17, 15) is 18.0 Å². The summed E-state index contributed by atoms with van der Waals surface area (Å²) in [6, 6.07) is 15.7. The summed E-state index contributed by atoms with van der Waals surface area (Å²) in [7, 11) is -3.76. The maximum absolute atomic E-state index is 12.8. The number of hydrogen-bond acceptors (Lipinski definition) is 5. The van der Waals surface area contributed by atoms with E-state index in [1.165, 1.54) is 16.4 Å². The molecule has 0 radical (unpaired) electrons. The minimum atomic E-state index is -3.76. The molecule has 2 aromatic carbocycles. The number of aryl methyl sites for hydroxylation is 1. The van der Waals surface area contributed by atoms with Gasteiger partial charge in [0.05, 0.1) is 18.0 Å². The number of nitrogens with zero attached hydrogens (tertiary/aromatic N) is 1. The van der Waals surface area contributed by atoms with Gasteiger partial charge >= 0.3 is 11.8 Å². The van der Waals surface area contributed by atoms with Gasteiger partial charge in [0.1, 0.15) is 6.23 Å². The Bertz CT molecular complexity index is 961. The van der Waals surface area contributed by atoms with Crippen molar-refractivity contribution in [2.24, 2.45) is 0 Å². The first kappa shape index (κ1) is 21.0. The first-order valence-electron chi connectivity index (χ1n) is 9.18. The lowest BCUT2D eigenvalue weighted by Gasteiger charge is -2.22. The van der Waals surface area contributed by atoms with Crippen molar-refractivity contribution in [1.29, 1.82) is 0 Å². The van der Waals surface area contributed by atoms with E-state index in [0.717, 1.165) is 11.1 Å². The molecule has 0 aromatic heterocycles. The quantitative estimate of drug-likeness (QED) is 0.676. The van der Waals surface area contributed by atoms with Crippen LogP contribution in [0.4, 0.5) is 0 Å². The number of rotatable bonds is 6. The van der Waals surface area contributed by atoms with Crippen LogP contribution in [0, 0.1) is 6.92 Å². The van der Waals surface area contributed by atoms with Gasteiger partial charge in [-0.05, 0) is 24.6 Å². The van der Waals surface area contributed by atoms with Gasteiger partial charge < -0.3 is 15.4 Å². The molecule has 0 saturated carbocycles. The zero-order valence-corrected chi connectivity index (χ0v) is 16.8. The van der Waals surface area contributed by atoms with E-state index < -0.39 is 28.1 Å². The van der Waals surface area contributed by atoms with Crippen LogP contribution < -0.4 is 10.6 Å². The Morgan fingerprint density at radius 1 is 1.03 bits per heavy atom. The van der Waals surface area contributed by atoms with E-state index in [-0.39, 0.29) is 31.1 Å². The maximum Gasteiger partial charge on any atom is 0.309 e. The molecule has 2 amide bonds. The number of carbonyl (C=O) groups is 2. The highest BCUT2D eigenvalue weighted by atomic mass is 32.2. The van der Waals surface area contributed by atoms with Crippen LogP contribution in [0.5, 0.6) is 0 Å². The van der Waals surface area contributed by atoms with Crippen molar-refractivity contribution in [3.63, 3.8) is 0 Å². The summed E-state index contributed by atoms with van der Waals surface area (Å²) in [5.41, 5.74) is 1.81. The number of hydrogen-bond donors (Lipinski definition) is 2. The van der Waals surface area contributed by atoms with E-state index in [0.29, 0.717) is 0 Å². The molecular weight excluding hydrogens is 394 g/mol. The number of sulfonamides is 1. The second kappa shape index (κ2) is 9.17. The van der Waals surface area contributed by atoms with Gasteiger partial charge in [-0.1, -0.05) is 48.0 Å². The Hall–Kier alpha value is -2.75. The average Bonchev–Trinajstić information content (AvgIpc) is 3.21. The Labute approximate surface area is 169 Å². The van der Waals surface area contributed by atoms with Crippen LogP contribution >= 0.6 is 0 Å². The molecule has 8 nitrogen and oxygen atoms in total. The molecule has 0 aliphatic carbocycles. The molecule has 0 spiro atoms. The molecule has 2 N–H and O–H groups in total. The standard InChI is InChI=1S/C20H23N3O5S/c1-15-7-9-17(10-8-15)29(26,27)23-11-12-28-18(23)14-22-20(25)19(24)21-13-16-5-3-2-4-6-16/h2-10,18H,11-14H2,1H3,(H,21,24)(H,22,25)/t18-/m0/s1. The van der Waals surface area contributed by atoms with Crippen molar-refractivity contribution in [1.82, 2.24) is 14.9 Å². The van der Waals surface area contributed by atoms with Crippen molar-refractivity contribution < 1.29 is 22.7 Å². The predicted octanol–water partition coefficient (Wildman–Crippen LogP) is 0.775. The third-order valence-electron chi connectivity index (χ3n) is 4.51. The minimum absolute atomic E-state index is 0.122. The molecule has 1 aliphatic heterocycles. The van der Waals surface area contributed by atoms with Crippen LogP contribution in [0.3, 0.4) is 0 Å². The van der Waals surface area contributed by atoms with Crippen LogP contribution in [-0.4, -0.2) is 50.5 Å². The first-order chi connectivity index (χ1) is 13.9. The summed E-state index contributed by atoms with van der Waals surface area (Å²) in [5, 5.41) is 4.96. The Kier molecular flexibility index (Phi) is 6.63. The third-order valence-corrected chi connectivity index (χ3v) is 6.41. The maximum atomic E-state index is 12.8. The van der Waals surface area contributed by atoms with E-state index >= 15 is 0 Å². The zero-order chi connectivity index (χ0) is 20.9. The van der Waals surface area contributed by atoms with Crippen molar-refractivity contribution in [2.75, 3.05) is 19.7 Å². The molecule has 2 aromatic rings. The van der Waals surface area contributed by atoms with Crippen molar-refractivity contribution >= 4 is 21.8 Å². The molecule has 0 unspecified atom stereocenters. The van der Waals surface area contributed by atoms with E-state index in [2.05, 4.69) is 10.6 Å². The Morgan fingerprint density at radius 3 is 2.38 bits per heavy atom. The van der Waals surface area contributed by atoms with Gasteiger partial charge in [0, 0.05) is 13.1 Å². The van der Waals surface area contributed by atoms with Crippen LogP contribution in [0.2, 0.25) is 0 Å². The fraction of sp³-hybridized carbons (Fsp3) is 0.300. The van der Waals surface area contributed by atoms with Crippen molar-refractivity contribution in [3.8, 4) is 0 Å². The summed E-state index contributed by atoms with van der Waals surface area (Å²) in [4.78, 5) is 24.2. The van der Waals surface area contributed by atoms with Gasteiger partial charge in [-0.2, -0.15) is 4.31 Å². The molecule has 0 bridgehead atoms. The summed E-state index contributed by atoms with van der Waals surface area (Å²) in [5.74, 6) is -1.64. The molecular formula is C20H23N3O5S. The lowest BCUT2D eigenvalue weighted by molar-refractivity contribution is -0.139. The molecule has 1 saturated heterocycles. The number of ether oxygens (including phenoxy) is 1. The van der Waals surface area contributed by atoms with E-state index in [1.807, 2.05) is 37.3 Å². The number of carbonyl (C=O) groups excluding carboxylic acids is 2. The lowest BCUT2D eigenvalue weighted by Crippen LogP contribution is -2.47. The summed E-state index contributed by atoms with van der Waals surface area (Å²) in [6.45, 7) is 2.36. The zero-order valence-electron chi connectivity index (χ0n) is 16.0. The molecule has 29 heavy (non-hydrogen) atoms. The number of nitrogens with one attached hydrogen (secondary N) is 2. The van der Waals surface area contributed by atoms with Gasteiger partial charge in [0.15, 0.2) is 0 Å². The molecule has 9 heteroatoms. The molecule has 154 valence electrons. The molecule has 3 rings (SSSR count). The van der Waals surface area contributed by atoms with Gasteiger partial charge in [0.25, 0.3) is 0 Å². The highest BCUT2D eigenvalue weighted by Gasteiger charge is 2.36. The summed E-state index contributed by atoms with van der Waals surface area (Å²) >= 11 is 0. The SMILES string of the molecule is Cc1ccc(S(=O)(=O)N2CCO[C@H]2CNC(=O)C(=O)NCc2ccccc2)cc1. The van der Waals surface area contributed by atoms with Crippen LogP contribution in [0.15, 0.2) is 59.5 Å². The van der Waals surface area contributed by atoms with E-state index in [4.69, 9.17) is 4.74 Å². The summed E-state index contributed by atoms with van der Waals surface area (Å²) < 4.78 is 32.3. The number of benzene rings is 2. The topological polar surface area (TPSA) is 105 Å². The highest BCUT2D eigenvalue weighted by Crippen LogP contribution is 2.22. The highest BCUT2D eigenvalue weighted by molar-refractivity contribution is 7.89. The van der Waals surface area contributed by atoms with Gasteiger partial charge in [-0.25, -0.2) is 8.42 Å². The Morgan fingerprint density at radius 2 is 1.69 bits per heavy atom. The monoisotopic (exact) mass is 417 g/mol. The second-order valence-electron chi connectivity index (χ2n) is 6.63. The van der Waals surface area contributed by atoms with Crippen molar-refractivity contribution in [2.45, 2.75) is 24.6 Å². The Balaban J connectivity index is 1.55. The van der Waals surface area contributed by atoms with Gasteiger partial charge in [0.2, 0.25) is 10.0 Å². The fourth-order valence-corrected chi connectivity index (χ4v) is 4.42. The summed E-state index contributed by atoms with van der Waals surface area (Å²) in [6.07, 6.45) is -0.868. The average molecular weight is 417 g/mol. The lowest BCUT2D eigenvalue weighted by atomic mass is 10.2. The van der Waals surface area contributed by atoms with E-state index in [1.54, 1.807) is 12.1 Å². The first-order valence-corrected chi connectivity index (χ1v) is 10.6. The molecule has 1 atom stereocenters. The molecule has 1 aliphatic rings. The van der Waals surface area contributed by atoms with Crippen LogP contribution in [0.1, 0.15) is 11.1 Å². The molecule has 1 fully saturated rings. The smallest absolute Gasteiger partial charge is 0.309 e. The third kappa shape index (κ3) is 5.20. The fourth-order valence-electron chi connectivity index (χ4n) is 2.91. The second-order valence-corrected chi connectivity index (χ2v) is 8.52.